The topological polar surface area (TPSA) is 186 Å². The number of nitrogens with zero attached hydrogens (tertiary/aromatic N) is 3. The Hall–Kier alpha value is -2.85. The smallest absolute Gasteiger partial charge is 0.338 e. The Morgan fingerprint density at radius 1 is 0.784 bits per heavy atom. The lowest BCUT2D eigenvalue weighted by molar-refractivity contribution is -0.346. The van der Waals surface area contributed by atoms with E-state index in [4.69, 9.17) is 42.6 Å². The number of rotatable bonds is 23. The largest absolute Gasteiger partial charge is 0.467 e. The van der Waals surface area contributed by atoms with Gasteiger partial charge in [0.1, 0.15) is 43.2 Å². The normalized spacial score (nSPS) is 29.2. The van der Waals surface area contributed by atoms with Gasteiger partial charge < -0.3 is 47.7 Å². The number of hydrogen-bond donors (Lipinski definition) is 1. The van der Waals surface area contributed by atoms with Gasteiger partial charge in [-0.2, -0.15) is 0 Å². The fraction of sp³-hybridized carbons (Fsp3) is 0.778. The third-order valence-corrected chi connectivity index (χ3v) is 8.66. The zero-order valence-corrected chi connectivity index (χ0v) is 30.6. The number of hydrogen-bond acceptors (Lipinski definition) is 13. The van der Waals surface area contributed by atoms with Crippen LogP contribution >= 0.6 is 0 Å². The van der Waals surface area contributed by atoms with Crippen LogP contribution in [0.3, 0.4) is 0 Å². The van der Waals surface area contributed by atoms with E-state index >= 15 is 0 Å². The minimum atomic E-state index is -1.54. The number of azide groups is 1. The lowest BCUT2D eigenvalue weighted by atomic mass is 9.95. The molecule has 2 heterocycles. The maximum atomic E-state index is 13.2. The van der Waals surface area contributed by atoms with Crippen molar-refractivity contribution in [3.8, 4) is 0 Å². The fourth-order valence-corrected chi connectivity index (χ4v) is 5.79. The lowest BCUT2D eigenvalue weighted by Crippen LogP contribution is -2.66. The molecular formula is C36H57N3O12. The van der Waals surface area contributed by atoms with Gasteiger partial charge in [0.05, 0.1) is 18.8 Å². The Bertz CT molecular complexity index is 1190. The van der Waals surface area contributed by atoms with Crippen molar-refractivity contribution in [2.24, 2.45) is 5.11 Å². The first-order chi connectivity index (χ1) is 24.8. The second-order valence-electron chi connectivity index (χ2n) is 12.5. The van der Waals surface area contributed by atoms with Crippen molar-refractivity contribution >= 4 is 11.9 Å². The minimum absolute atomic E-state index is 0.250. The van der Waals surface area contributed by atoms with Crippen LogP contribution in [-0.2, 0) is 47.4 Å². The molecule has 1 aromatic rings. The summed E-state index contributed by atoms with van der Waals surface area (Å²) < 4.78 is 54.7. The molecule has 0 amide bonds. The van der Waals surface area contributed by atoms with Crippen LogP contribution in [0.15, 0.2) is 35.4 Å². The summed E-state index contributed by atoms with van der Waals surface area (Å²) in [5.74, 6) is -1.39. The molecule has 0 saturated carbocycles. The average Bonchev–Trinajstić information content (AvgIpc) is 3.14. The Balaban J connectivity index is 2.05. The number of unbranched alkanes of at least 4 members (excludes halogenated alkanes) is 4. The summed E-state index contributed by atoms with van der Waals surface area (Å²) in [5, 5.41) is 15.1. The molecule has 2 saturated heterocycles. The highest BCUT2D eigenvalue weighted by atomic mass is 16.7. The maximum Gasteiger partial charge on any atom is 0.338 e. The molecule has 2 aliphatic rings. The van der Waals surface area contributed by atoms with Crippen LogP contribution in [0.2, 0.25) is 0 Å². The van der Waals surface area contributed by atoms with Gasteiger partial charge >= 0.3 is 11.9 Å². The van der Waals surface area contributed by atoms with E-state index in [9.17, 15) is 20.2 Å². The minimum Gasteiger partial charge on any atom is -0.467 e. The van der Waals surface area contributed by atoms with E-state index in [1.165, 1.54) is 7.11 Å². The van der Waals surface area contributed by atoms with Gasteiger partial charge in [0.15, 0.2) is 18.7 Å². The summed E-state index contributed by atoms with van der Waals surface area (Å²) >= 11 is 0. The molecule has 0 bridgehead atoms. The van der Waals surface area contributed by atoms with Gasteiger partial charge in [-0.15, -0.1) is 0 Å². The molecule has 288 valence electrons. The molecule has 51 heavy (non-hydrogen) atoms. The van der Waals surface area contributed by atoms with E-state index < -0.39 is 73.3 Å². The highest BCUT2D eigenvalue weighted by molar-refractivity contribution is 5.89. The van der Waals surface area contributed by atoms with Crippen LogP contribution in [0, 0.1) is 0 Å². The third kappa shape index (κ3) is 12.7. The van der Waals surface area contributed by atoms with E-state index in [-0.39, 0.29) is 13.2 Å². The van der Waals surface area contributed by atoms with Crippen molar-refractivity contribution in [2.45, 2.75) is 140 Å². The zero-order valence-electron chi connectivity index (χ0n) is 30.6. The van der Waals surface area contributed by atoms with E-state index in [1.54, 1.807) is 30.3 Å². The first-order valence-corrected chi connectivity index (χ1v) is 18.3. The van der Waals surface area contributed by atoms with Crippen LogP contribution in [0.1, 0.15) is 89.4 Å². The molecule has 0 aromatic heterocycles. The molecule has 0 aliphatic carbocycles. The van der Waals surface area contributed by atoms with Crippen molar-refractivity contribution in [3.05, 3.63) is 46.3 Å². The number of ether oxygens (including phenoxy) is 9. The summed E-state index contributed by atoms with van der Waals surface area (Å²) in [6.07, 6.45) is -4.15. The Morgan fingerprint density at radius 3 is 1.88 bits per heavy atom. The van der Waals surface area contributed by atoms with E-state index in [2.05, 4.69) is 10.0 Å². The fourth-order valence-electron chi connectivity index (χ4n) is 5.79. The highest BCUT2D eigenvalue weighted by Crippen LogP contribution is 2.35. The monoisotopic (exact) mass is 723 g/mol. The Morgan fingerprint density at radius 2 is 1.33 bits per heavy atom. The quantitative estimate of drug-likeness (QED) is 0.0508. The maximum absolute atomic E-state index is 13.2. The number of aliphatic hydroxyl groups excluding tert-OH is 1. The van der Waals surface area contributed by atoms with Crippen LogP contribution in [-0.4, -0.2) is 119 Å². The molecule has 3 rings (SSSR count). The molecule has 10 atom stereocenters. The summed E-state index contributed by atoms with van der Waals surface area (Å²) in [6.45, 7) is 9.04. The highest BCUT2D eigenvalue weighted by Gasteiger charge is 2.55. The molecule has 2 fully saturated rings. The predicted molar refractivity (Wildman–Crippen MR) is 185 cm³/mol. The van der Waals surface area contributed by atoms with Crippen LogP contribution < -0.4 is 0 Å². The van der Waals surface area contributed by atoms with Gasteiger partial charge in [-0.05, 0) is 43.3 Å². The van der Waals surface area contributed by atoms with Gasteiger partial charge in [-0.25, -0.2) is 9.59 Å². The van der Waals surface area contributed by atoms with Crippen molar-refractivity contribution in [1.82, 2.24) is 0 Å². The van der Waals surface area contributed by atoms with E-state index in [0.29, 0.717) is 44.6 Å². The molecule has 15 heteroatoms. The predicted octanol–water partition coefficient (Wildman–Crippen LogP) is 5.26. The van der Waals surface area contributed by atoms with Crippen molar-refractivity contribution in [3.63, 3.8) is 0 Å². The zero-order chi connectivity index (χ0) is 37.0. The van der Waals surface area contributed by atoms with Gasteiger partial charge in [0.25, 0.3) is 0 Å². The summed E-state index contributed by atoms with van der Waals surface area (Å²) in [6, 6.07) is 7.41. The number of esters is 2. The van der Waals surface area contributed by atoms with Crippen LogP contribution in [0.5, 0.6) is 0 Å². The first-order valence-electron chi connectivity index (χ1n) is 18.3. The van der Waals surface area contributed by atoms with Crippen LogP contribution in [0.25, 0.3) is 10.4 Å². The molecule has 0 spiro atoms. The molecule has 15 nitrogen and oxygen atoms in total. The van der Waals surface area contributed by atoms with Gasteiger partial charge in [0, 0.05) is 31.3 Å². The first kappa shape index (κ1) is 42.6. The number of aliphatic hydroxyl groups is 1. The van der Waals surface area contributed by atoms with Gasteiger partial charge in [-0.3, -0.25) is 0 Å². The Kier molecular flexibility index (Phi) is 19.7. The van der Waals surface area contributed by atoms with Crippen LogP contribution in [0.4, 0.5) is 0 Å². The number of carbonyl (C=O) groups is 2. The summed E-state index contributed by atoms with van der Waals surface area (Å²) in [4.78, 5) is 29.3. The number of carbonyl (C=O) groups excluding carboxylic acids is 2. The number of methoxy groups -OCH3 is 1. The SMILES string of the molecule is CCCCOC1C(O)OC(C(=O)OC)[C@@H](O[C@H]2OC(COC(=O)c3ccccc3)[C@@H](OCCCC)[C@H](OCCCC)C2N=[N+]=[N-])[C@@H]1OCCCC. The molecule has 0 radical (unpaired) electrons. The Labute approximate surface area is 301 Å². The van der Waals surface area contributed by atoms with Crippen molar-refractivity contribution < 1.29 is 57.3 Å². The molecule has 2 aliphatic heterocycles. The summed E-state index contributed by atoms with van der Waals surface area (Å²) in [7, 11) is 1.19. The second-order valence-corrected chi connectivity index (χ2v) is 12.5. The van der Waals surface area contributed by atoms with E-state index in [1.807, 2.05) is 27.7 Å². The molecule has 1 aromatic carbocycles. The molecule has 5 unspecified atom stereocenters. The standard InChI is InChI=1S/C36H57N3O12/c1-6-10-19-44-27-25(23-48-33(40)24-17-15-14-16-18-24)49-36(26(38-39-37)28(27)45-20-11-7-2)51-30-29(46-21-12-8-3)31(47-22-13-9-4)35(42)50-32(30)34(41)43-5/h14-18,25-32,35-36,42H,6-13,19-23H2,1-5H3/t25?,26?,27-,28-,29+,30+,31?,32?,35?,36-/m1/s1. The van der Waals surface area contributed by atoms with Gasteiger partial charge in [-0.1, -0.05) is 76.7 Å². The molecule has 1 N–H and O–H groups in total. The number of benzene rings is 1. The second kappa shape index (κ2) is 23.7. The van der Waals surface area contributed by atoms with E-state index in [0.717, 1.165) is 32.1 Å². The summed E-state index contributed by atoms with van der Waals surface area (Å²) in [5.41, 5.74) is 10.1. The van der Waals surface area contributed by atoms with Crippen molar-refractivity contribution in [2.75, 3.05) is 40.1 Å². The van der Waals surface area contributed by atoms with Crippen molar-refractivity contribution in [1.29, 1.82) is 0 Å². The average molecular weight is 724 g/mol. The lowest BCUT2D eigenvalue weighted by Gasteiger charge is -2.48. The van der Waals surface area contributed by atoms with Gasteiger partial charge in [0.2, 0.25) is 0 Å². The third-order valence-electron chi connectivity index (χ3n) is 8.66. The molecular weight excluding hydrogens is 666 g/mol.